The zero-order valence-electron chi connectivity index (χ0n) is 11.1. The third kappa shape index (κ3) is 8.13. The molecule has 0 spiro atoms. The van der Waals surface area contributed by atoms with Gasteiger partial charge >= 0.3 is 12.6 Å². The van der Waals surface area contributed by atoms with Crippen molar-refractivity contribution in [3.8, 4) is 5.75 Å². The molecule has 0 radical (unpaired) electrons. The fraction of sp³-hybridized carbons (Fsp3) is 0.385. The number of benzene rings is 1. The van der Waals surface area contributed by atoms with E-state index in [0.29, 0.717) is 17.9 Å². The number of aliphatic carboxylic acids is 1. The lowest BCUT2D eigenvalue weighted by atomic mass is 10.1. The Morgan fingerprint density at radius 1 is 1.29 bits per heavy atom. The molecule has 0 saturated carbocycles. The van der Waals surface area contributed by atoms with E-state index in [-0.39, 0.29) is 23.8 Å². The minimum Gasteiger partial charge on any atom is -0.481 e. The number of carbonyl (C=O) groups is 2. The molecule has 1 rings (SSSR count). The van der Waals surface area contributed by atoms with E-state index in [4.69, 9.17) is 5.11 Å². The summed E-state index contributed by atoms with van der Waals surface area (Å²) in [6.07, 6.45) is 0.124. The Morgan fingerprint density at radius 3 is 2.52 bits per heavy atom. The van der Waals surface area contributed by atoms with Crippen molar-refractivity contribution >= 4 is 23.6 Å². The van der Waals surface area contributed by atoms with Crippen LogP contribution in [0.1, 0.15) is 5.56 Å². The van der Waals surface area contributed by atoms with Gasteiger partial charge in [0.1, 0.15) is 5.75 Å². The van der Waals surface area contributed by atoms with Gasteiger partial charge in [-0.3, -0.25) is 9.59 Å². The molecule has 1 amide bonds. The molecule has 0 aliphatic rings. The first-order valence-corrected chi connectivity index (χ1v) is 7.23. The molecule has 0 aliphatic heterocycles. The maximum atomic E-state index is 12.0. The molecule has 0 fully saturated rings. The number of hydrogen-bond donors (Lipinski definition) is 2. The van der Waals surface area contributed by atoms with Crippen LogP contribution in [-0.2, 0) is 16.0 Å². The highest BCUT2D eigenvalue weighted by Crippen LogP contribution is 2.15. The Kier molecular flexibility index (Phi) is 7.52. The molecule has 0 saturated heterocycles. The van der Waals surface area contributed by atoms with Gasteiger partial charge in [-0.15, -0.1) is 11.8 Å². The van der Waals surface area contributed by atoms with Gasteiger partial charge in [0.25, 0.3) is 0 Å². The van der Waals surface area contributed by atoms with Gasteiger partial charge < -0.3 is 15.2 Å². The number of carboxylic acid groups (broad SMARTS) is 1. The number of carbonyl (C=O) groups excluding carboxylic acids is 1. The monoisotopic (exact) mass is 319 g/mol. The number of rotatable bonds is 9. The number of thioether (sulfide) groups is 1. The van der Waals surface area contributed by atoms with E-state index >= 15 is 0 Å². The molecular formula is C13H15F2NO4S. The van der Waals surface area contributed by atoms with Crippen LogP contribution in [0.3, 0.4) is 0 Å². The zero-order valence-corrected chi connectivity index (χ0v) is 11.9. The van der Waals surface area contributed by atoms with E-state index in [1.165, 1.54) is 36.0 Å². The molecule has 2 N–H and O–H groups in total. The van der Waals surface area contributed by atoms with Crippen molar-refractivity contribution in [3.05, 3.63) is 29.8 Å². The number of alkyl halides is 2. The second-order valence-electron chi connectivity index (χ2n) is 4.00. The highest BCUT2D eigenvalue weighted by Gasteiger charge is 2.06. The van der Waals surface area contributed by atoms with Gasteiger partial charge in [0.15, 0.2) is 0 Å². The molecule has 21 heavy (non-hydrogen) atoms. The topological polar surface area (TPSA) is 75.6 Å². The highest BCUT2D eigenvalue weighted by atomic mass is 32.2. The molecule has 0 heterocycles. The molecule has 0 bridgehead atoms. The van der Waals surface area contributed by atoms with Gasteiger partial charge in [0.05, 0.1) is 12.2 Å². The summed E-state index contributed by atoms with van der Waals surface area (Å²) in [5.74, 6) is -0.550. The molecule has 1 aromatic carbocycles. The molecule has 1 aromatic rings. The lowest BCUT2D eigenvalue weighted by Crippen LogP contribution is -2.27. The second-order valence-corrected chi connectivity index (χ2v) is 5.10. The van der Waals surface area contributed by atoms with Gasteiger partial charge in [-0.05, 0) is 17.7 Å². The standard InChI is InChI=1S/C13H15F2NO4S/c14-13(15)20-10-3-1-9(2-4-10)7-11(17)16-5-6-21-8-12(18)19/h1-4,13H,5-8H2,(H,16,17)(H,18,19). The molecular weight excluding hydrogens is 304 g/mol. The van der Waals surface area contributed by atoms with E-state index < -0.39 is 12.6 Å². The van der Waals surface area contributed by atoms with Gasteiger partial charge in [0, 0.05) is 12.3 Å². The molecule has 5 nitrogen and oxygen atoms in total. The summed E-state index contributed by atoms with van der Waals surface area (Å²) in [6, 6.07) is 5.82. The average Bonchev–Trinajstić information content (AvgIpc) is 2.39. The Bertz CT molecular complexity index is 468. The molecule has 116 valence electrons. The number of hydrogen-bond acceptors (Lipinski definition) is 4. The van der Waals surface area contributed by atoms with Crippen molar-refractivity contribution in [3.63, 3.8) is 0 Å². The summed E-state index contributed by atoms with van der Waals surface area (Å²) in [5.41, 5.74) is 0.673. The third-order valence-electron chi connectivity index (χ3n) is 2.31. The quantitative estimate of drug-likeness (QED) is 0.679. The van der Waals surface area contributed by atoms with Crippen molar-refractivity contribution in [1.29, 1.82) is 0 Å². The maximum Gasteiger partial charge on any atom is 0.387 e. The van der Waals surface area contributed by atoms with Gasteiger partial charge in [-0.1, -0.05) is 12.1 Å². The molecule has 0 aliphatic carbocycles. The Labute approximate surface area is 124 Å². The van der Waals surface area contributed by atoms with Crippen LogP contribution in [0.15, 0.2) is 24.3 Å². The Hall–Kier alpha value is -1.83. The summed E-state index contributed by atoms with van der Waals surface area (Å²) in [7, 11) is 0. The van der Waals surface area contributed by atoms with E-state index in [2.05, 4.69) is 10.1 Å². The van der Waals surface area contributed by atoms with Crippen molar-refractivity contribution in [1.82, 2.24) is 5.32 Å². The van der Waals surface area contributed by atoms with Crippen LogP contribution in [0, 0.1) is 0 Å². The van der Waals surface area contributed by atoms with Crippen LogP contribution in [0.5, 0.6) is 5.75 Å². The van der Waals surface area contributed by atoms with E-state index in [9.17, 15) is 18.4 Å². The lowest BCUT2D eigenvalue weighted by Gasteiger charge is -2.07. The van der Waals surface area contributed by atoms with Crippen LogP contribution in [0.2, 0.25) is 0 Å². The van der Waals surface area contributed by atoms with Crippen LogP contribution in [0.4, 0.5) is 8.78 Å². The van der Waals surface area contributed by atoms with Gasteiger partial charge in [-0.25, -0.2) is 0 Å². The lowest BCUT2D eigenvalue weighted by molar-refractivity contribution is -0.133. The summed E-state index contributed by atoms with van der Waals surface area (Å²) >= 11 is 1.22. The van der Waals surface area contributed by atoms with Crippen LogP contribution in [-0.4, -0.2) is 41.6 Å². The smallest absolute Gasteiger partial charge is 0.387 e. The molecule has 0 atom stereocenters. The predicted molar refractivity (Wildman–Crippen MR) is 74.7 cm³/mol. The van der Waals surface area contributed by atoms with Crippen molar-refractivity contribution in [2.45, 2.75) is 13.0 Å². The largest absolute Gasteiger partial charge is 0.481 e. The number of nitrogens with one attached hydrogen (secondary N) is 1. The van der Waals surface area contributed by atoms with Crippen LogP contribution >= 0.6 is 11.8 Å². The van der Waals surface area contributed by atoms with Crippen LogP contribution < -0.4 is 10.1 Å². The van der Waals surface area contributed by atoms with E-state index in [0.717, 1.165) is 0 Å². The summed E-state index contributed by atoms with van der Waals surface area (Å²) in [4.78, 5) is 21.9. The number of carboxylic acids is 1. The molecule has 0 aromatic heterocycles. The summed E-state index contributed by atoms with van der Waals surface area (Å²) in [6.45, 7) is -2.49. The summed E-state index contributed by atoms with van der Waals surface area (Å²) < 4.78 is 28.1. The average molecular weight is 319 g/mol. The SMILES string of the molecule is O=C(O)CSCCNC(=O)Cc1ccc(OC(F)F)cc1. The van der Waals surface area contributed by atoms with E-state index in [1.54, 1.807) is 0 Å². The van der Waals surface area contributed by atoms with E-state index in [1.807, 2.05) is 0 Å². The predicted octanol–water partition coefficient (Wildman–Crippen LogP) is 1.76. The first kappa shape index (κ1) is 17.2. The maximum absolute atomic E-state index is 12.0. The van der Waals surface area contributed by atoms with Crippen LogP contribution in [0.25, 0.3) is 0 Å². The van der Waals surface area contributed by atoms with Crippen molar-refractivity contribution < 1.29 is 28.2 Å². The minimum absolute atomic E-state index is 0.00146. The first-order valence-electron chi connectivity index (χ1n) is 6.07. The molecule has 0 unspecified atom stereocenters. The Balaban J connectivity index is 2.26. The fourth-order valence-electron chi connectivity index (χ4n) is 1.46. The number of halogens is 2. The van der Waals surface area contributed by atoms with Gasteiger partial charge in [-0.2, -0.15) is 8.78 Å². The summed E-state index contributed by atoms with van der Waals surface area (Å²) in [5, 5.41) is 11.1. The normalized spacial score (nSPS) is 10.4. The van der Waals surface area contributed by atoms with Gasteiger partial charge in [0.2, 0.25) is 5.91 Å². The number of ether oxygens (including phenoxy) is 1. The van der Waals surface area contributed by atoms with Crippen molar-refractivity contribution in [2.75, 3.05) is 18.1 Å². The highest BCUT2D eigenvalue weighted by molar-refractivity contribution is 7.99. The Morgan fingerprint density at radius 2 is 1.95 bits per heavy atom. The van der Waals surface area contributed by atoms with Crippen molar-refractivity contribution in [2.24, 2.45) is 0 Å². The minimum atomic E-state index is -2.87. The second kappa shape index (κ2) is 9.17. The number of amides is 1. The molecule has 8 heteroatoms. The zero-order chi connectivity index (χ0) is 15.7. The third-order valence-corrected chi connectivity index (χ3v) is 3.25. The fourth-order valence-corrected chi connectivity index (χ4v) is 2.02. The first-order chi connectivity index (χ1) is 9.97.